The number of ether oxygens (including phenoxy) is 6. The van der Waals surface area contributed by atoms with Gasteiger partial charge in [-0.05, 0) is 45.4 Å². The molecule has 0 atom stereocenters. The molecule has 1 fully saturated rings. The Morgan fingerprint density at radius 2 is 0.930 bits per heavy atom. The third-order valence-electron chi connectivity index (χ3n) is 7.44. The fraction of sp³-hybridized carbons (Fsp3) is 0.548. The molecule has 238 valence electrons. The Balaban J connectivity index is 1.39. The summed E-state index contributed by atoms with van der Waals surface area (Å²) in [5, 5.41) is 5.98. The zero-order valence-corrected chi connectivity index (χ0v) is 26.2. The third-order valence-corrected chi connectivity index (χ3v) is 7.44. The lowest BCUT2D eigenvalue weighted by Crippen LogP contribution is -2.34. The van der Waals surface area contributed by atoms with Gasteiger partial charge in [-0.25, -0.2) is 0 Å². The summed E-state index contributed by atoms with van der Waals surface area (Å²) in [6.45, 7) is 6.82. The van der Waals surface area contributed by atoms with Gasteiger partial charge in [0.1, 0.15) is 45.6 Å². The molecule has 1 heterocycles. The predicted octanol–water partition coefficient (Wildman–Crippen LogP) is 2.69. The van der Waals surface area contributed by atoms with Gasteiger partial charge in [0.2, 0.25) is 0 Å². The quantitative estimate of drug-likeness (QED) is 0.278. The molecule has 1 saturated heterocycles. The van der Waals surface area contributed by atoms with Crippen LogP contribution in [-0.4, -0.2) is 117 Å². The van der Waals surface area contributed by atoms with E-state index in [1.165, 1.54) is 28.4 Å². The van der Waals surface area contributed by atoms with E-state index in [0.29, 0.717) is 58.7 Å². The SMILES string of the molecule is COc1cc(OC)c(C(=O)NCCCN2CCCN(CCCNC(=O)c3c(OC)cc(OC)cc3OC)CC2)c(OC)c1. The van der Waals surface area contributed by atoms with E-state index in [2.05, 4.69) is 20.4 Å². The van der Waals surface area contributed by atoms with Crippen LogP contribution in [0.1, 0.15) is 40.0 Å². The zero-order valence-electron chi connectivity index (χ0n) is 26.2. The van der Waals surface area contributed by atoms with Crippen molar-refractivity contribution in [1.82, 2.24) is 20.4 Å². The average molecular weight is 603 g/mol. The Labute approximate surface area is 254 Å². The second-order valence-electron chi connectivity index (χ2n) is 10.1. The summed E-state index contributed by atoms with van der Waals surface area (Å²) >= 11 is 0. The second kappa shape index (κ2) is 17.3. The maximum Gasteiger partial charge on any atom is 0.258 e. The Hall–Kier alpha value is -3.90. The summed E-state index contributed by atoms with van der Waals surface area (Å²) in [6, 6.07) is 6.68. The van der Waals surface area contributed by atoms with E-state index in [-0.39, 0.29) is 11.8 Å². The van der Waals surface area contributed by atoms with Crippen LogP contribution in [0.15, 0.2) is 24.3 Å². The van der Waals surface area contributed by atoms with E-state index >= 15 is 0 Å². The number of methoxy groups -OCH3 is 6. The lowest BCUT2D eigenvalue weighted by atomic mass is 10.1. The van der Waals surface area contributed by atoms with Crippen molar-refractivity contribution in [2.45, 2.75) is 19.3 Å². The van der Waals surface area contributed by atoms with Gasteiger partial charge in [0.15, 0.2) is 0 Å². The lowest BCUT2D eigenvalue weighted by molar-refractivity contribution is 0.0936. The molecule has 12 nitrogen and oxygen atoms in total. The third kappa shape index (κ3) is 9.29. The molecule has 0 unspecified atom stereocenters. The maximum absolute atomic E-state index is 12.9. The molecule has 1 aliphatic rings. The normalized spacial score (nSPS) is 13.9. The Morgan fingerprint density at radius 3 is 1.23 bits per heavy atom. The molecule has 0 aliphatic carbocycles. The maximum atomic E-state index is 12.9. The average Bonchev–Trinajstić information content (AvgIpc) is 3.28. The summed E-state index contributed by atoms with van der Waals surface area (Å²) < 4.78 is 32.1. The fourth-order valence-electron chi connectivity index (χ4n) is 5.12. The van der Waals surface area contributed by atoms with Crippen molar-refractivity contribution in [3.05, 3.63) is 35.4 Å². The van der Waals surface area contributed by atoms with Gasteiger partial charge in [0.05, 0.1) is 42.7 Å². The molecule has 0 spiro atoms. The summed E-state index contributed by atoms with van der Waals surface area (Å²) in [5.41, 5.74) is 0.712. The molecular weight excluding hydrogens is 556 g/mol. The molecule has 2 N–H and O–H groups in total. The van der Waals surface area contributed by atoms with Crippen LogP contribution in [0.4, 0.5) is 0 Å². The molecule has 12 heteroatoms. The number of carbonyl (C=O) groups is 2. The molecule has 43 heavy (non-hydrogen) atoms. The van der Waals surface area contributed by atoms with Gasteiger partial charge in [0.25, 0.3) is 11.8 Å². The van der Waals surface area contributed by atoms with Crippen molar-refractivity contribution in [2.75, 3.05) is 95.0 Å². The number of amides is 2. The Kier molecular flexibility index (Phi) is 13.5. The van der Waals surface area contributed by atoms with Gasteiger partial charge in [0, 0.05) is 50.4 Å². The number of rotatable bonds is 16. The zero-order chi connectivity index (χ0) is 31.2. The highest BCUT2D eigenvalue weighted by Crippen LogP contribution is 2.35. The minimum absolute atomic E-state index is 0.241. The van der Waals surface area contributed by atoms with Crippen LogP contribution in [0.25, 0.3) is 0 Å². The van der Waals surface area contributed by atoms with Gasteiger partial charge in [-0.1, -0.05) is 0 Å². The van der Waals surface area contributed by atoms with Crippen LogP contribution in [0.5, 0.6) is 34.5 Å². The fourth-order valence-corrected chi connectivity index (χ4v) is 5.12. The van der Waals surface area contributed by atoms with E-state index in [9.17, 15) is 9.59 Å². The van der Waals surface area contributed by atoms with Gasteiger partial charge < -0.3 is 48.9 Å². The number of nitrogens with zero attached hydrogens (tertiary/aromatic N) is 2. The second-order valence-corrected chi connectivity index (χ2v) is 10.1. The first-order valence-corrected chi connectivity index (χ1v) is 14.5. The molecular formula is C31H46N4O8. The molecule has 2 aromatic carbocycles. The smallest absolute Gasteiger partial charge is 0.258 e. The topological polar surface area (TPSA) is 120 Å². The molecule has 0 aromatic heterocycles. The highest BCUT2D eigenvalue weighted by atomic mass is 16.5. The van der Waals surface area contributed by atoms with Crippen molar-refractivity contribution < 1.29 is 38.0 Å². The summed E-state index contributed by atoms with van der Waals surface area (Å²) in [4.78, 5) is 30.7. The van der Waals surface area contributed by atoms with E-state index < -0.39 is 0 Å². The van der Waals surface area contributed by atoms with Gasteiger partial charge in [-0.3, -0.25) is 9.59 Å². The van der Waals surface area contributed by atoms with Crippen LogP contribution in [0.2, 0.25) is 0 Å². The largest absolute Gasteiger partial charge is 0.496 e. The number of hydrogen-bond donors (Lipinski definition) is 2. The van der Waals surface area contributed by atoms with Crippen molar-refractivity contribution >= 4 is 11.8 Å². The van der Waals surface area contributed by atoms with Gasteiger partial charge >= 0.3 is 0 Å². The van der Waals surface area contributed by atoms with Crippen LogP contribution in [-0.2, 0) is 0 Å². The standard InChI is InChI=1S/C31H46N4O8/c1-38-22-18-24(40-3)28(25(19-22)41-4)30(36)32-10-7-12-34-14-9-15-35(17-16-34)13-8-11-33-31(37)29-26(42-5)20-23(39-2)21-27(29)43-6/h18-21H,7-17H2,1-6H3,(H,32,36)(H,33,37). The van der Waals surface area contributed by atoms with Crippen molar-refractivity contribution in [1.29, 1.82) is 0 Å². The van der Waals surface area contributed by atoms with E-state index in [0.717, 1.165) is 58.5 Å². The first kappa shape index (κ1) is 33.6. The van der Waals surface area contributed by atoms with Gasteiger partial charge in [-0.2, -0.15) is 0 Å². The molecule has 2 amide bonds. The van der Waals surface area contributed by atoms with E-state index in [1.807, 2.05) is 0 Å². The van der Waals surface area contributed by atoms with Crippen LogP contribution in [0, 0.1) is 0 Å². The van der Waals surface area contributed by atoms with Crippen LogP contribution in [0.3, 0.4) is 0 Å². The monoisotopic (exact) mass is 602 g/mol. The first-order chi connectivity index (χ1) is 20.9. The van der Waals surface area contributed by atoms with Crippen molar-refractivity contribution in [3.63, 3.8) is 0 Å². The molecule has 0 saturated carbocycles. The minimum Gasteiger partial charge on any atom is -0.496 e. The van der Waals surface area contributed by atoms with Crippen LogP contribution >= 0.6 is 0 Å². The van der Waals surface area contributed by atoms with E-state index in [1.54, 1.807) is 38.5 Å². The molecule has 0 bridgehead atoms. The number of benzene rings is 2. The molecule has 2 aromatic rings. The van der Waals surface area contributed by atoms with E-state index in [4.69, 9.17) is 28.4 Å². The molecule has 3 rings (SSSR count). The predicted molar refractivity (Wildman–Crippen MR) is 164 cm³/mol. The number of hydrogen-bond acceptors (Lipinski definition) is 10. The van der Waals surface area contributed by atoms with Gasteiger partial charge in [-0.15, -0.1) is 0 Å². The lowest BCUT2D eigenvalue weighted by Gasteiger charge is -2.22. The minimum atomic E-state index is -0.241. The summed E-state index contributed by atoms with van der Waals surface area (Å²) in [5.74, 6) is 2.24. The molecule has 1 aliphatic heterocycles. The number of nitrogens with one attached hydrogen (secondary N) is 2. The summed E-state index contributed by atoms with van der Waals surface area (Å²) in [6.07, 6.45) is 2.73. The molecule has 0 radical (unpaired) electrons. The first-order valence-electron chi connectivity index (χ1n) is 14.5. The highest BCUT2D eigenvalue weighted by Gasteiger charge is 2.22. The van der Waals surface area contributed by atoms with Crippen molar-refractivity contribution in [2.24, 2.45) is 0 Å². The van der Waals surface area contributed by atoms with Crippen LogP contribution < -0.4 is 39.1 Å². The Bertz CT molecular complexity index is 1070. The highest BCUT2D eigenvalue weighted by molar-refractivity contribution is 6.00. The number of carbonyl (C=O) groups excluding carboxylic acids is 2. The summed E-state index contributed by atoms with van der Waals surface area (Å²) in [7, 11) is 9.16. The Morgan fingerprint density at radius 1 is 0.581 bits per heavy atom. The van der Waals surface area contributed by atoms with Crippen molar-refractivity contribution in [3.8, 4) is 34.5 Å².